The fourth-order valence-corrected chi connectivity index (χ4v) is 3.17. The Morgan fingerprint density at radius 1 is 1.03 bits per heavy atom. The molecule has 1 amide bonds. The molecule has 32 heavy (non-hydrogen) atoms. The van der Waals surface area contributed by atoms with Gasteiger partial charge in [-0.05, 0) is 55.5 Å². The molecule has 0 fully saturated rings. The number of aromatic amines is 1. The second-order valence-corrected chi connectivity index (χ2v) is 8.23. The highest BCUT2D eigenvalue weighted by atomic mass is 19.4. The largest absolute Gasteiger partial charge is 0.573 e. The Labute approximate surface area is 182 Å². The smallest absolute Gasteiger partial charge is 0.444 e. The lowest BCUT2D eigenvalue weighted by Gasteiger charge is -2.19. The van der Waals surface area contributed by atoms with Crippen LogP contribution in [0.1, 0.15) is 37.5 Å². The van der Waals surface area contributed by atoms with Gasteiger partial charge in [-0.15, -0.1) is 13.2 Å². The molecule has 170 valence electrons. The zero-order chi connectivity index (χ0) is 23.5. The molecule has 2 N–H and O–H groups in total. The van der Waals surface area contributed by atoms with Crippen LogP contribution in [0.5, 0.6) is 5.75 Å². The Hall–Kier alpha value is -3.49. The number of ether oxygens (including phenoxy) is 2. The first-order valence-electron chi connectivity index (χ1n) is 9.85. The summed E-state index contributed by atoms with van der Waals surface area (Å²) in [7, 11) is 0. The Morgan fingerprint density at radius 2 is 1.75 bits per heavy atom. The molecule has 0 bridgehead atoms. The van der Waals surface area contributed by atoms with Crippen molar-refractivity contribution in [3.05, 3.63) is 75.6 Å². The van der Waals surface area contributed by atoms with Gasteiger partial charge in [0.15, 0.2) is 0 Å². The van der Waals surface area contributed by atoms with Gasteiger partial charge in [-0.25, -0.2) is 4.79 Å². The van der Waals surface area contributed by atoms with Crippen molar-refractivity contribution in [3.63, 3.8) is 0 Å². The van der Waals surface area contributed by atoms with Gasteiger partial charge in [0.25, 0.3) is 5.56 Å². The number of alkyl carbamates (subject to hydrolysis) is 1. The van der Waals surface area contributed by atoms with E-state index in [0.717, 1.165) is 5.39 Å². The van der Waals surface area contributed by atoms with E-state index >= 15 is 0 Å². The number of para-hydroxylation sites is 1. The van der Waals surface area contributed by atoms with E-state index in [0.29, 0.717) is 22.2 Å². The molecule has 0 radical (unpaired) electrons. The number of carbonyl (C=O) groups is 1. The predicted molar refractivity (Wildman–Crippen MR) is 114 cm³/mol. The van der Waals surface area contributed by atoms with Gasteiger partial charge in [-0.1, -0.05) is 30.3 Å². The maximum absolute atomic E-state index is 12.7. The topological polar surface area (TPSA) is 80.4 Å². The van der Waals surface area contributed by atoms with Gasteiger partial charge in [0.1, 0.15) is 11.4 Å². The van der Waals surface area contributed by atoms with E-state index < -0.39 is 18.1 Å². The van der Waals surface area contributed by atoms with Gasteiger partial charge >= 0.3 is 12.5 Å². The molecule has 0 aliphatic rings. The van der Waals surface area contributed by atoms with Crippen molar-refractivity contribution in [2.45, 2.75) is 45.7 Å². The maximum Gasteiger partial charge on any atom is 0.573 e. The number of halogens is 3. The molecular weight excluding hydrogens is 425 g/mol. The summed E-state index contributed by atoms with van der Waals surface area (Å²) >= 11 is 0. The first kappa shape index (κ1) is 23.2. The summed E-state index contributed by atoms with van der Waals surface area (Å²) in [6.45, 7) is 5.43. The molecule has 0 aliphatic carbocycles. The number of nitrogens with one attached hydrogen (secondary N) is 2. The number of aromatic nitrogens is 1. The van der Waals surface area contributed by atoms with Crippen LogP contribution in [-0.4, -0.2) is 23.0 Å². The van der Waals surface area contributed by atoms with Gasteiger partial charge in [-0.2, -0.15) is 0 Å². The summed E-state index contributed by atoms with van der Waals surface area (Å²) in [5.74, 6) is -0.345. The molecule has 9 heteroatoms. The molecule has 0 aliphatic heterocycles. The number of amides is 1. The normalized spacial score (nSPS) is 11.9. The summed E-state index contributed by atoms with van der Waals surface area (Å²) in [6.07, 6.45) is -5.24. The first-order valence-corrected chi connectivity index (χ1v) is 9.85. The zero-order valence-corrected chi connectivity index (χ0v) is 17.8. The summed E-state index contributed by atoms with van der Waals surface area (Å²) in [4.78, 5) is 27.4. The van der Waals surface area contributed by atoms with Crippen LogP contribution in [0.2, 0.25) is 0 Å². The van der Waals surface area contributed by atoms with E-state index in [4.69, 9.17) is 4.74 Å². The maximum atomic E-state index is 12.7. The summed E-state index contributed by atoms with van der Waals surface area (Å²) in [5, 5.41) is 3.38. The van der Waals surface area contributed by atoms with Crippen LogP contribution in [0, 0.1) is 0 Å². The van der Waals surface area contributed by atoms with Crippen molar-refractivity contribution in [2.75, 3.05) is 0 Å². The predicted octanol–water partition coefficient (Wildman–Crippen LogP) is 5.04. The molecule has 2 aromatic carbocycles. The third kappa shape index (κ3) is 6.50. The lowest BCUT2D eigenvalue weighted by Crippen LogP contribution is -2.32. The minimum Gasteiger partial charge on any atom is -0.444 e. The molecule has 3 rings (SSSR count). The fraction of sp³-hybridized carbons (Fsp3) is 0.304. The lowest BCUT2D eigenvalue weighted by molar-refractivity contribution is -0.274. The molecule has 6 nitrogen and oxygen atoms in total. The summed E-state index contributed by atoms with van der Waals surface area (Å²) in [5.41, 5.74) is 1.14. The number of carbonyl (C=O) groups excluding carboxylic acids is 1. The van der Waals surface area contributed by atoms with Crippen molar-refractivity contribution >= 4 is 17.0 Å². The van der Waals surface area contributed by atoms with E-state index in [1.807, 2.05) is 0 Å². The second kappa shape index (κ2) is 8.94. The van der Waals surface area contributed by atoms with Crippen molar-refractivity contribution in [1.82, 2.24) is 10.3 Å². The molecule has 0 saturated carbocycles. The minimum absolute atomic E-state index is 0.126. The quantitative estimate of drug-likeness (QED) is 0.573. The number of rotatable bonds is 5. The Kier molecular flexibility index (Phi) is 6.47. The van der Waals surface area contributed by atoms with Crippen LogP contribution in [0.3, 0.4) is 0 Å². The van der Waals surface area contributed by atoms with E-state index in [1.165, 1.54) is 18.2 Å². The average molecular weight is 448 g/mol. The molecule has 0 spiro atoms. The Morgan fingerprint density at radius 3 is 2.44 bits per heavy atom. The highest BCUT2D eigenvalue weighted by molar-refractivity contribution is 5.82. The molecular formula is C23H23F3N2O4. The van der Waals surface area contributed by atoms with E-state index in [-0.39, 0.29) is 24.3 Å². The molecule has 0 unspecified atom stereocenters. The molecule has 1 aromatic heterocycles. The van der Waals surface area contributed by atoms with Crippen molar-refractivity contribution in [2.24, 2.45) is 0 Å². The monoisotopic (exact) mass is 448 g/mol. The van der Waals surface area contributed by atoms with E-state index in [9.17, 15) is 22.8 Å². The number of pyridine rings is 1. The van der Waals surface area contributed by atoms with E-state index in [2.05, 4.69) is 15.0 Å². The Balaban J connectivity index is 1.81. The SMILES string of the molecule is CC(C)(C)OC(=O)NCc1cccc2cc(Cc3cccc(OC(F)(F)F)c3)c(=O)[nH]c12. The van der Waals surface area contributed by atoms with Crippen LogP contribution in [0.15, 0.2) is 53.3 Å². The fourth-order valence-electron chi connectivity index (χ4n) is 3.17. The molecule has 0 atom stereocenters. The molecule has 0 saturated heterocycles. The van der Waals surface area contributed by atoms with Crippen LogP contribution < -0.4 is 15.6 Å². The van der Waals surface area contributed by atoms with Crippen LogP contribution >= 0.6 is 0 Å². The van der Waals surface area contributed by atoms with Gasteiger partial charge < -0.3 is 19.8 Å². The van der Waals surface area contributed by atoms with Gasteiger partial charge in [-0.3, -0.25) is 4.79 Å². The number of hydrogen-bond donors (Lipinski definition) is 2. The van der Waals surface area contributed by atoms with Crippen LogP contribution in [0.25, 0.3) is 10.9 Å². The molecule has 3 aromatic rings. The third-order valence-electron chi connectivity index (χ3n) is 4.39. The standard InChI is InChI=1S/C23H23F3N2O4/c1-22(2,3)32-21(30)27-13-16-8-5-7-15-12-17(20(29)28-19(15)16)10-14-6-4-9-18(11-14)31-23(24,25)26/h4-9,11-12H,10,13H2,1-3H3,(H,27,30)(H,28,29). The number of fused-ring (bicyclic) bond motifs is 1. The Bertz CT molecular complexity index is 1180. The summed E-state index contributed by atoms with van der Waals surface area (Å²) < 4.78 is 46.5. The summed E-state index contributed by atoms with van der Waals surface area (Å²) in [6, 6.07) is 12.5. The van der Waals surface area contributed by atoms with Gasteiger partial charge in [0, 0.05) is 18.5 Å². The zero-order valence-electron chi connectivity index (χ0n) is 17.8. The highest BCUT2D eigenvalue weighted by Crippen LogP contribution is 2.24. The number of hydrogen-bond acceptors (Lipinski definition) is 4. The van der Waals surface area contributed by atoms with Crippen molar-refractivity contribution < 1.29 is 27.4 Å². The lowest BCUT2D eigenvalue weighted by atomic mass is 10.0. The van der Waals surface area contributed by atoms with Crippen LogP contribution in [-0.2, 0) is 17.7 Å². The van der Waals surface area contributed by atoms with E-state index in [1.54, 1.807) is 51.1 Å². The number of benzene rings is 2. The number of alkyl halides is 3. The van der Waals surface area contributed by atoms with Crippen molar-refractivity contribution in [1.29, 1.82) is 0 Å². The highest BCUT2D eigenvalue weighted by Gasteiger charge is 2.31. The molecule has 1 heterocycles. The second-order valence-electron chi connectivity index (χ2n) is 8.23. The van der Waals surface area contributed by atoms with Gasteiger partial charge in [0.2, 0.25) is 0 Å². The van der Waals surface area contributed by atoms with Crippen LogP contribution in [0.4, 0.5) is 18.0 Å². The average Bonchev–Trinajstić information content (AvgIpc) is 2.64. The van der Waals surface area contributed by atoms with Gasteiger partial charge in [0.05, 0.1) is 5.52 Å². The third-order valence-corrected chi connectivity index (χ3v) is 4.39. The van der Waals surface area contributed by atoms with Crippen molar-refractivity contribution in [3.8, 4) is 5.75 Å². The number of H-pyrrole nitrogens is 1. The minimum atomic E-state index is -4.79. The first-order chi connectivity index (χ1) is 14.9.